The van der Waals surface area contributed by atoms with Crippen LogP contribution in [0.1, 0.15) is 12.8 Å². The van der Waals surface area contributed by atoms with E-state index in [0.29, 0.717) is 10.6 Å². The minimum Gasteiger partial charge on any atom is -0.333 e. The highest BCUT2D eigenvalue weighted by molar-refractivity contribution is 8.13. The Hall–Kier alpha value is -1.99. The molecule has 3 rings (SSSR count). The average Bonchev–Trinajstić information content (AvgIpc) is 3.12. The SMILES string of the molecule is O=C(Sc1ccccc1NS(=O)(=O)c1ccccc1)N1CCCC1. The van der Waals surface area contributed by atoms with Crippen molar-refractivity contribution in [2.45, 2.75) is 22.6 Å². The molecule has 1 fully saturated rings. The highest BCUT2D eigenvalue weighted by Crippen LogP contribution is 2.31. The van der Waals surface area contributed by atoms with Gasteiger partial charge in [0, 0.05) is 18.0 Å². The van der Waals surface area contributed by atoms with Crippen molar-refractivity contribution in [3.63, 3.8) is 0 Å². The van der Waals surface area contributed by atoms with E-state index in [1.165, 1.54) is 12.1 Å². The van der Waals surface area contributed by atoms with Gasteiger partial charge in [-0.15, -0.1) is 0 Å². The van der Waals surface area contributed by atoms with Crippen LogP contribution in [0.25, 0.3) is 0 Å². The van der Waals surface area contributed by atoms with Crippen LogP contribution in [0.2, 0.25) is 0 Å². The van der Waals surface area contributed by atoms with Gasteiger partial charge in [0.2, 0.25) is 0 Å². The number of carbonyl (C=O) groups is 1. The zero-order valence-corrected chi connectivity index (χ0v) is 14.6. The van der Waals surface area contributed by atoms with Gasteiger partial charge < -0.3 is 4.90 Å². The van der Waals surface area contributed by atoms with E-state index < -0.39 is 10.0 Å². The molecule has 2 aromatic rings. The Labute approximate surface area is 146 Å². The summed E-state index contributed by atoms with van der Waals surface area (Å²) in [6.07, 6.45) is 2.04. The lowest BCUT2D eigenvalue weighted by molar-refractivity contribution is 0.233. The summed E-state index contributed by atoms with van der Waals surface area (Å²) in [5, 5.41) is -0.0427. The molecular weight excluding hydrogens is 344 g/mol. The number of hydrogen-bond acceptors (Lipinski definition) is 4. The van der Waals surface area contributed by atoms with Crippen LogP contribution in [0.5, 0.6) is 0 Å². The number of rotatable bonds is 4. The Morgan fingerprint density at radius 2 is 1.58 bits per heavy atom. The molecule has 0 saturated carbocycles. The molecule has 126 valence electrons. The first-order valence-corrected chi connectivity index (χ1v) is 10.00. The second-order valence-electron chi connectivity index (χ2n) is 5.48. The Morgan fingerprint density at radius 3 is 2.29 bits per heavy atom. The van der Waals surface area contributed by atoms with Crippen molar-refractivity contribution in [3.8, 4) is 0 Å². The Morgan fingerprint density at radius 1 is 0.958 bits per heavy atom. The van der Waals surface area contributed by atoms with Crippen LogP contribution in [0.3, 0.4) is 0 Å². The Bertz CT molecular complexity index is 817. The predicted molar refractivity (Wildman–Crippen MR) is 95.8 cm³/mol. The van der Waals surface area contributed by atoms with E-state index in [1.54, 1.807) is 47.4 Å². The van der Waals surface area contributed by atoms with Crippen LogP contribution in [-0.4, -0.2) is 31.6 Å². The van der Waals surface area contributed by atoms with Gasteiger partial charge in [-0.2, -0.15) is 0 Å². The summed E-state index contributed by atoms with van der Waals surface area (Å²) >= 11 is 1.06. The molecule has 1 aliphatic rings. The third kappa shape index (κ3) is 3.91. The monoisotopic (exact) mass is 362 g/mol. The number of thioether (sulfide) groups is 1. The van der Waals surface area contributed by atoms with E-state index in [-0.39, 0.29) is 10.1 Å². The van der Waals surface area contributed by atoms with Crippen molar-refractivity contribution in [2.24, 2.45) is 0 Å². The van der Waals surface area contributed by atoms with Gasteiger partial charge in [0.15, 0.2) is 0 Å². The number of benzene rings is 2. The summed E-state index contributed by atoms with van der Waals surface area (Å²) in [5.74, 6) is 0. The molecule has 1 saturated heterocycles. The first kappa shape index (κ1) is 16.9. The van der Waals surface area contributed by atoms with Gasteiger partial charge in [0.05, 0.1) is 10.6 Å². The second kappa shape index (κ2) is 7.27. The van der Waals surface area contributed by atoms with Crippen molar-refractivity contribution >= 4 is 32.7 Å². The van der Waals surface area contributed by atoms with Gasteiger partial charge >= 0.3 is 0 Å². The number of sulfonamides is 1. The molecule has 0 aliphatic carbocycles. The van der Waals surface area contributed by atoms with Crippen LogP contribution >= 0.6 is 11.8 Å². The summed E-state index contributed by atoms with van der Waals surface area (Å²) < 4.78 is 27.5. The number of likely N-dealkylation sites (tertiary alicyclic amines) is 1. The molecule has 0 unspecified atom stereocenters. The van der Waals surface area contributed by atoms with Gasteiger partial charge in [-0.3, -0.25) is 9.52 Å². The second-order valence-corrected chi connectivity index (χ2v) is 8.15. The van der Waals surface area contributed by atoms with Crippen molar-refractivity contribution in [2.75, 3.05) is 17.8 Å². The number of hydrogen-bond donors (Lipinski definition) is 1. The van der Waals surface area contributed by atoms with Gasteiger partial charge in [0.25, 0.3) is 15.3 Å². The summed E-state index contributed by atoms with van der Waals surface area (Å²) in [7, 11) is -3.68. The van der Waals surface area contributed by atoms with E-state index in [2.05, 4.69) is 4.72 Å². The average molecular weight is 362 g/mol. The molecule has 0 spiro atoms. The maximum absolute atomic E-state index is 12.5. The molecule has 0 aromatic heterocycles. The molecule has 1 heterocycles. The van der Waals surface area contributed by atoms with Gasteiger partial charge in [-0.1, -0.05) is 30.3 Å². The molecule has 24 heavy (non-hydrogen) atoms. The fourth-order valence-corrected chi connectivity index (χ4v) is 4.54. The summed E-state index contributed by atoms with van der Waals surface area (Å²) in [5.41, 5.74) is 0.416. The third-order valence-electron chi connectivity index (χ3n) is 3.75. The quantitative estimate of drug-likeness (QED) is 0.840. The predicted octanol–water partition coefficient (Wildman–Crippen LogP) is 3.80. The standard InChI is InChI=1S/C17H18N2O3S2/c20-17(19-12-6-7-13-19)23-16-11-5-4-10-15(16)18-24(21,22)14-8-2-1-3-9-14/h1-5,8-11,18H,6-7,12-13H2. The first-order chi connectivity index (χ1) is 11.6. The minimum absolute atomic E-state index is 0.0427. The molecule has 5 nitrogen and oxygen atoms in total. The fraction of sp³-hybridized carbons (Fsp3) is 0.235. The molecule has 1 aliphatic heterocycles. The number of para-hydroxylation sites is 1. The van der Waals surface area contributed by atoms with Crippen LogP contribution in [-0.2, 0) is 10.0 Å². The van der Waals surface area contributed by atoms with E-state index >= 15 is 0 Å². The van der Waals surface area contributed by atoms with Gasteiger partial charge in [0.1, 0.15) is 0 Å². The number of nitrogens with zero attached hydrogens (tertiary/aromatic N) is 1. The zero-order chi connectivity index (χ0) is 17.0. The van der Waals surface area contributed by atoms with E-state index in [1.807, 2.05) is 0 Å². The molecule has 7 heteroatoms. The molecular formula is C17H18N2O3S2. The molecule has 0 atom stereocenters. The lowest BCUT2D eigenvalue weighted by atomic mass is 10.3. The van der Waals surface area contributed by atoms with E-state index in [4.69, 9.17) is 0 Å². The first-order valence-electron chi connectivity index (χ1n) is 7.70. The molecule has 0 bridgehead atoms. The van der Waals surface area contributed by atoms with Crippen LogP contribution < -0.4 is 4.72 Å². The number of nitrogens with one attached hydrogen (secondary N) is 1. The Balaban J connectivity index is 1.80. The lowest BCUT2D eigenvalue weighted by Gasteiger charge is -2.16. The smallest absolute Gasteiger partial charge is 0.286 e. The van der Waals surface area contributed by atoms with Crippen LogP contribution in [0, 0.1) is 0 Å². The molecule has 2 aromatic carbocycles. The Kier molecular flexibility index (Phi) is 5.11. The largest absolute Gasteiger partial charge is 0.333 e. The van der Waals surface area contributed by atoms with E-state index in [0.717, 1.165) is 37.7 Å². The van der Waals surface area contributed by atoms with Gasteiger partial charge in [-0.05, 0) is 48.9 Å². The number of amides is 1. The maximum atomic E-state index is 12.5. The zero-order valence-electron chi connectivity index (χ0n) is 13.0. The maximum Gasteiger partial charge on any atom is 0.286 e. The molecule has 1 N–H and O–H groups in total. The molecule has 1 amide bonds. The summed E-state index contributed by atoms with van der Waals surface area (Å²) in [6.45, 7) is 1.54. The van der Waals surface area contributed by atoms with Crippen molar-refractivity contribution in [1.82, 2.24) is 4.90 Å². The summed E-state index contributed by atoms with van der Waals surface area (Å²) in [4.78, 5) is 14.9. The van der Waals surface area contributed by atoms with Crippen LogP contribution in [0.15, 0.2) is 64.4 Å². The minimum atomic E-state index is -3.68. The van der Waals surface area contributed by atoms with Crippen molar-refractivity contribution < 1.29 is 13.2 Å². The fourth-order valence-electron chi connectivity index (χ4n) is 2.50. The van der Waals surface area contributed by atoms with E-state index in [9.17, 15) is 13.2 Å². The third-order valence-corrected chi connectivity index (χ3v) is 6.14. The van der Waals surface area contributed by atoms with Gasteiger partial charge in [-0.25, -0.2) is 8.42 Å². The highest BCUT2D eigenvalue weighted by atomic mass is 32.2. The summed E-state index contributed by atoms with van der Waals surface area (Å²) in [6, 6.07) is 15.1. The van der Waals surface area contributed by atoms with Crippen molar-refractivity contribution in [1.29, 1.82) is 0 Å². The normalized spacial score (nSPS) is 14.6. The number of anilines is 1. The van der Waals surface area contributed by atoms with Crippen LogP contribution in [0.4, 0.5) is 10.5 Å². The lowest BCUT2D eigenvalue weighted by Crippen LogP contribution is -2.23. The highest BCUT2D eigenvalue weighted by Gasteiger charge is 2.21. The molecule has 0 radical (unpaired) electrons. The number of carbonyl (C=O) groups excluding carboxylic acids is 1. The topological polar surface area (TPSA) is 66.5 Å². The van der Waals surface area contributed by atoms with Crippen molar-refractivity contribution in [3.05, 3.63) is 54.6 Å².